The first-order valence-electron chi connectivity index (χ1n) is 10.7. The summed E-state index contributed by atoms with van der Waals surface area (Å²) in [4.78, 5) is 26.0. The van der Waals surface area contributed by atoms with Gasteiger partial charge < -0.3 is 10.1 Å². The highest BCUT2D eigenvalue weighted by Crippen LogP contribution is 2.34. The highest BCUT2D eigenvalue weighted by Gasteiger charge is 2.32. The van der Waals surface area contributed by atoms with Crippen molar-refractivity contribution in [3.8, 4) is 5.88 Å². The van der Waals surface area contributed by atoms with E-state index in [1.165, 1.54) is 17.6 Å². The molecule has 0 bridgehead atoms. The topological polar surface area (TPSA) is 80.2 Å². The van der Waals surface area contributed by atoms with E-state index >= 15 is 0 Å². The zero-order valence-corrected chi connectivity index (χ0v) is 19.7. The highest BCUT2D eigenvalue weighted by molar-refractivity contribution is 7.09. The normalized spacial score (nSPS) is 15.8. The minimum atomic E-state index is -2.79. The molecule has 2 aromatic heterocycles. The summed E-state index contributed by atoms with van der Waals surface area (Å²) in [5.41, 5.74) is 0.669. The molecule has 1 amide bonds. The maximum Gasteiger partial charge on any atom is 0.281 e. The van der Waals surface area contributed by atoms with Crippen LogP contribution in [0.4, 0.5) is 17.6 Å². The first-order valence-corrected chi connectivity index (χ1v) is 11.9. The van der Waals surface area contributed by atoms with E-state index in [-0.39, 0.29) is 34.8 Å². The Kier molecular flexibility index (Phi) is 8.14. The molecule has 186 valence electrons. The molecule has 13 heteroatoms. The van der Waals surface area contributed by atoms with E-state index in [1.807, 2.05) is 4.90 Å². The maximum atomic E-state index is 14.2. The number of ether oxygens (including phenoxy) is 1. The molecular formula is C22H20ClF4N5O2S. The number of halogens is 5. The zero-order valence-electron chi connectivity index (χ0n) is 18.1. The number of piperidine rings is 1. The summed E-state index contributed by atoms with van der Waals surface area (Å²) in [7, 11) is 0. The van der Waals surface area contributed by atoms with E-state index in [0.29, 0.717) is 30.8 Å². The summed E-state index contributed by atoms with van der Waals surface area (Å²) in [5, 5.41) is 2.58. The fourth-order valence-electron chi connectivity index (χ4n) is 3.92. The van der Waals surface area contributed by atoms with Crippen molar-refractivity contribution < 1.29 is 27.1 Å². The third-order valence-electron chi connectivity index (χ3n) is 5.59. The molecule has 35 heavy (non-hydrogen) atoms. The fourth-order valence-corrected chi connectivity index (χ4v) is 5.10. The molecule has 1 saturated heterocycles. The molecule has 0 saturated carbocycles. The number of nitrogens with one attached hydrogen (secondary N) is 1. The average Bonchev–Trinajstić information content (AvgIpc) is 3.30. The number of rotatable bonds is 8. The predicted molar refractivity (Wildman–Crippen MR) is 121 cm³/mol. The van der Waals surface area contributed by atoms with Crippen LogP contribution in [0.3, 0.4) is 0 Å². The van der Waals surface area contributed by atoms with Crippen LogP contribution in [0, 0.1) is 11.8 Å². The van der Waals surface area contributed by atoms with Crippen LogP contribution < -0.4 is 10.1 Å². The van der Waals surface area contributed by atoms with E-state index in [2.05, 4.69) is 20.3 Å². The van der Waals surface area contributed by atoms with Crippen LogP contribution in [0.1, 0.15) is 46.2 Å². The van der Waals surface area contributed by atoms with Gasteiger partial charge in [0.2, 0.25) is 11.8 Å². The molecule has 4 rings (SSSR count). The second-order valence-electron chi connectivity index (χ2n) is 7.76. The number of nitrogens with zero attached hydrogens (tertiary/aromatic N) is 4. The number of amides is 1. The lowest BCUT2D eigenvalue weighted by Gasteiger charge is -2.37. The fraction of sp³-hybridized carbons (Fsp3) is 0.364. The lowest BCUT2D eigenvalue weighted by Crippen LogP contribution is -2.44. The summed E-state index contributed by atoms with van der Waals surface area (Å²) in [5.74, 6) is -2.12. The van der Waals surface area contributed by atoms with Gasteiger partial charge in [-0.3, -0.25) is 9.69 Å². The molecule has 0 spiro atoms. The number of hydrogen-bond donors (Lipinski definition) is 1. The first-order chi connectivity index (χ1) is 16.8. The van der Waals surface area contributed by atoms with Crippen molar-refractivity contribution in [2.45, 2.75) is 31.4 Å². The average molecular weight is 530 g/mol. The number of alkyl halides is 2. The van der Waals surface area contributed by atoms with E-state index in [1.54, 1.807) is 0 Å². The van der Waals surface area contributed by atoms with Crippen LogP contribution in [0.5, 0.6) is 5.88 Å². The Bertz CT molecular complexity index is 1160. The summed E-state index contributed by atoms with van der Waals surface area (Å²) in [6.45, 7) is 0.827. The van der Waals surface area contributed by atoms with Gasteiger partial charge in [0.15, 0.2) is 0 Å². The van der Waals surface area contributed by atoms with Gasteiger partial charge in [-0.25, -0.2) is 28.1 Å². The molecule has 3 heterocycles. The van der Waals surface area contributed by atoms with Crippen molar-refractivity contribution in [2.75, 3.05) is 19.6 Å². The van der Waals surface area contributed by atoms with Crippen molar-refractivity contribution in [1.82, 2.24) is 25.2 Å². The molecule has 0 aliphatic carbocycles. The second kappa shape index (κ2) is 11.3. The number of thiazole rings is 1. The lowest BCUT2D eigenvalue weighted by molar-refractivity contribution is 0.0678. The Labute approximate surface area is 207 Å². The smallest absolute Gasteiger partial charge is 0.281 e. The van der Waals surface area contributed by atoms with Crippen molar-refractivity contribution in [2.24, 2.45) is 0 Å². The molecule has 1 aliphatic rings. The van der Waals surface area contributed by atoms with Gasteiger partial charge >= 0.3 is 0 Å². The van der Waals surface area contributed by atoms with Gasteiger partial charge in [-0.05, 0) is 25.0 Å². The lowest BCUT2D eigenvalue weighted by atomic mass is 10.0. The highest BCUT2D eigenvalue weighted by atomic mass is 35.5. The van der Waals surface area contributed by atoms with Gasteiger partial charge in [-0.2, -0.15) is 4.39 Å². The number of hydrogen-bond acceptors (Lipinski definition) is 7. The molecule has 3 aromatic rings. The molecule has 1 unspecified atom stereocenters. The largest absolute Gasteiger partial charge is 0.474 e. The number of carbonyl (C=O) groups is 1. The standard InChI is InChI=1S/C22H20ClF4N5O2S/c23-13-2-1-3-14(24)18(13)22(33)28-9-15(20-19(21(26)27)31-11-35-20)32-6-4-12(5-7-32)34-17-8-16(25)29-10-30-17/h1-3,8,10-12,15,21H,4-7,9H2,(H,28,33). The zero-order chi connectivity index (χ0) is 24.9. The molecule has 7 nitrogen and oxygen atoms in total. The van der Waals surface area contributed by atoms with Crippen LogP contribution in [-0.2, 0) is 0 Å². The summed E-state index contributed by atoms with van der Waals surface area (Å²) >= 11 is 7.05. The summed E-state index contributed by atoms with van der Waals surface area (Å²) < 4.78 is 60.4. The Morgan fingerprint density at radius 3 is 2.69 bits per heavy atom. The van der Waals surface area contributed by atoms with Gasteiger partial charge in [0, 0.05) is 19.6 Å². The van der Waals surface area contributed by atoms with Gasteiger partial charge in [-0.1, -0.05) is 17.7 Å². The van der Waals surface area contributed by atoms with Crippen LogP contribution in [0.25, 0.3) is 0 Å². The molecule has 0 radical (unpaired) electrons. The van der Waals surface area contributed by atoms with Crippen molar-refractivity contribution in [1.29, 1.82) is 0 Å². The second-order valence-corrected chi connectivity index (χ2v) is 9.05. The molecule has 1 N–H and O–H groups in total. The number of carbonyl (C=O) groups excluding carboxylic acids is 1. The molecular weight excluding hydrogens is 510 g/mol. The number of likely N-dealkylation sites (tertiary alicyclic amines) is 1. The van der Waals surface area contributed by atoms with Crippen LogP contribution >= 0.6 is 22.9 Å². The van der Waals surface area contributed by atoms with E-state index in [0.717, 1.165) is 29.8 Å². The molecule has 1 atom stereocenters. The van der Waals surface area contributed by atoms with Gasteiger partial charge in [-0.15, -0.1) is 11.3 Å². The van der Waals surface area contributed by atoms with Crippen LogP contribution in [0.2, 0.25) is 5.02 Å². The van der Waals surface area contributed by atoms with Crippen LogP contribution in [0.15, 0.2) is 36.1 Å². The van der Waals surface area contributed by atoms with Gasteiger partial charge in [0.05, 0.1) is 33.1 Å². The summed E-state index contributed by atoms with van der Waals surface area (Å²) in [6, 6.07) is 4.35. The van der Waals surface area contributed by atoms with Crippen molar-refractivity contribution >= 4 is 28.8 Å². The van der Waals surface area contributed by atoms with Gasteiger partial charge in [0.25, 0.3) is 12.3 Å². The third-order valence-corrected chi connectivity index (χ3v) is 6.85. The van der Waals surface area contributed by atoms with Crippen molar-refractivity contribution in [3.63, 3.8) is 0 Å². The Hall–Kier alpha value is -2.83. The minimum absolute atomic E-state index is 0.0516. The SMILES string of the molecule is O=C(NCC(c1scnc1C(F)F)N1CCC(Oc2cc(F)ncn2)CC1)c1c(F)cccc1Cl. The van der Waals surface area contributed by atoms with Crippen LogP contribution in [-0.4, -0.2) is 51.5 Å². The molecule has 1 aliphatic heterocycles. The van der Waals surface area contributed by atoms with E-state index in [9.17, 15) is 22.4 Å². The minimum Gasteiger partial charge on any atom is -0.474 e. The quantitative estimate of drug-likeness (QED) is 0.333. The molecule has 1 aromatic carbocycles. The number of aromatic nitrogens is 3. The Morgan fingerprint density at radius 1 is 1.23 bits per heavy atom. The monoisotopic (exact) mass is 529 g/mol. The van der Waals surface area contributed by atoms with E-state index < -0.39 is 30.1 Å². The third kappa shape index (κ3) is 6.06. The van der Waals surface area contributed by atoms with E-state index in [4.69, 9.17) is 16.3 Å². The Morgan fingerprint density at radius 2 is 2.00 bits per heavy atom. The predicted octanol–water partition coefficient (Wildman–Crippen LogP) is 4.82. The summed E-state index contributed by atoms with van der Waals surface area (Å²) in [6.07, 6.45) is -0.959. The number of benzene rings is 1. The van der Waals surface area contributed by atoms with Crippen molar-refractivity contribution in [3.05, 3.63) is 69.0 Å². The first kappa shape index (κ1) is 25.3. The van der Waals surface area contributed by atoms with Gasteiger partial charge in [0.1, 0.15) is 23.9 Å². The maximum absolute atomic E-state index is 14.2. The Balaban J connectivity index is 1.47. The molecule has 1 fully saturated rings.